The molecule has 2 aromatic carbocycles. The second-order valence-corrected chi connectivity index (χ2v) is 5.25. The number of fused-ring (bicyclic) bond motifs is 1. The third kappa shape index (κ3) is 3.08. The predicted octanol–water partition coefficient (Wildman–Crippen LogP) is 3.44. The quantitative estimate of drug-likeness (QED) is 0.873. The van der Waals surface area contributed by atoms with Gasteiger partial charge in [-0.25, -0.2) is 4.39 Å². The first-order valence-electron chi connectivity index (χ1n) is 7.63. The van der Waals surface area contributed by atoms with Gasteiger partial charge in [0.1, 0.15) is 19.0 Å². The molecule has 6 heteroatoms. The molecule has 0 radical (unpaired) electrons. The maximum Gasteiger partial charge on any atom is 0.258 e. The van der Waals surface area contributed by atoms with Crippen LogP contribution in [0.25, 0.3) is 0 Å². The maximum atomic E-state index is 13.8. The van der Waals surface area contributed by atoms with Gasteiger partial charge in [-0.3, -0.25) is 9.59 Å². The second kappa shape index (κ2) is 6.70. The number of carbonyl (C=O) groups excluding carboxylic acids is 2. The summed E-state index contributed by atoms with van der Waals surface area (Å²) in [5.41, 5.74) is 0.494. The molecule has 3 rings (SSSR count). The Morgan fingerprint density at radius 2 is 1.75 bits per heavy atom. The molecule has 0 atom stereocenters. The van der Waals surface area contributed by atoms with Gasteiger partial charge in [0.25, 0.3) is 5.91 Å². The van der Waals surface area contributed by atoms with E-state index < -0.39 is 11.7 Å². The molecule has 24 heavy (non-hydrogen) atoms. The summed E-state index contributed by atoms with van der Waals surface area (Å²) in [5.74, 6) is -0.513. The topological polar surface area (TPSA) is 64.6 Å². The standard InChI is InChI=1S/C18H16FNO4/c1-2-15(21)12-9-16-17(24-8-7-23-16)10-14(12)20-18(22)11-5-3-4-6-13(11)19/h3-6,9-10H,2,7-8H2,1H3,(H,20,22). The molecule has 1 aliphatic heterocycles. The van der Waals surface area contributed by atoms with Gasteiger partial charge >= 0.3 is 0 Å². The molecule has 0 saturated heterocycles. The van der Waals surface area contributed by atoms with E-state index in [1.807, 2.05) is 0 Å². The van der Waals surface area contributed by atoms with E-state index in [2.05, 4.69) is 5.32 Å². The number of rotatable bonds is 4. The van der Waals surface area contributed by atoms with Crippen LogP contribution in [0.4, 0.5) is 10.1 Å². The van der Waals surface area contributed by atoms with Gasteiger partial charge in [0.2, 0.25) is 0 Å². The minimum absolute atomic E-state index is 0.0951. The van der Waals surface area contributed by atoms with Crippen LogP contribution in [0.3, 0.4) is 0 Å². The van der Waals surface area contributed by atoms with E-state index in [1.165, 1.54) is 24.3 Å². The van der Waals surface area contributed by atoms with Crippen molar-refractivity contribution in [1.82, 2.24) is 0 Å². The Bertz CT molecular complexity index is 804. The Kier molecular flexibility index (Phi) is 4.46. The molecule has 5 nitrogen and oxygen atoms in total. The van der Waals surface area contributed by atoms with Crippen LogP contribution >= 0.6 is 0 Å². The molecule has 124 valence electrons. The first kappa shape index (κ1) is 16.0. The number of hydrogen-bond donors (Lipinski definition) is 1. The summed E-state index contributed by atoms with van der Waals surface area (Å²) in [6.07, 6.45) is 0.266. The van der Waals surface area contributed by atoms with Crippen molar-refractivity contribution in [2.75, 3.05) is 18.5 Å². The summed E-state index contributed by atoms with van der Waals surface area (Å²) in [4.78, 5) is 24.5. The number of amides is 1. The summed E-state index contributed by atoms with van der Waals surface area (Å²) >= 11 is 0. The average molecular weight is 329 g/mol. The van der Waals surface area contributed by atoms with Crippen molar-refractivity contribution >= 4 is 17.4 Å². The van der Waals surface area contributed by atoms with Crippen LogP contribution in [0.5, 0.6) is 11.5 Å². The zero-order chi connectivity index (χ0) is 17.1. The van der Waals surface area contributed by atoms with E-state index in [1.54, 1.807) is 19.1 Å². The highest BCUT2D eigenvalue weighted by Gasteiger charge is 2.21. The second-order valence-electron chi connectivity index (χ2n) is 5.25. The zero-order valence-corrected chi connectivity index (χ0v) is 13.1. The van der Waals surface area contributed by atoms with Crippen molar-refractivity contribution < 1.29 is 23.5 Å². The van der Waals surface area contributed by atoms with E-state index in [9.17, 15) is 14.0 Å². The van der Waals surface area contributed by atoms with Crippen molar-refractivity contribution in [3.63, 3.8) is 0 Å². The fourth-order valence-electron chi connectivity index (χ4n) is 2.45. The molecule has 0 aliphatic carbocycles. The highest BCUT2D eigenvalue weighted by molar-refractivity contribution is 6.10. The Labute approximate surface area is 138 Å². The van der Waals surface area contributed by atoms with Crippen molar-refractivity contribution in [1.29, 1.82) is 0 Å². The molecular formula is C18H16FNO4. The van der Waals surface area contributed by atoms with Gasteiger partial charge in [-0.1, -0.05) is 19.1 Å². The van der Waals surface area contributed by atoms with Crippen molar-refractivity contribution in [2.45, 2.75) is 13.3 Å². The smallest absolute Gasteiger partial charge is 0.258 e. The Hall–Kier alpha value is -2.89. The van der Waals surface area contributed by atoms with Gasteiger partial charge in [0, 0.05) is 18.1 Å². The molecule has 0 unspecified atom stereocenters. The number of ketones is 1. The largest absolute Gasteiger partial charge is 0.486 e. The average Bonchev–Trinajstić information content (AvgIpc) is 2.60. The van der Waals surface area contributed by atoms with E-state index in [0.717, 1.165) is 0 Å². The number of ether oxygens (including phenoxy) is 2. The SMILES string of the molecule is CCC(=O)c1cc2c(cc1NC(=O)c1ccccc1F)OCCO2. The Balaban J connectivity index is 1.98. The van der Waals surface area contributed by atoms with E-state index in [0.29, 0.717) is 30.3 Å². The molecule has 0 fully saturated rings. The molecular weight excluding hydrogens is 313 g/mol. The van der Waals surface area contributed by atoms with Crippen LogP contribution in [0.15, 0.2) is 36.4 Å². The first-order valence-corrected chi connectivity index (χ1v) is 7.63. The zero-order valence-electron chi connectivity index (χ0n) is 13.1. The van der Waals surface area contributed by atoms with Crippen molar-refractivity contribution in [3.8, 4) is 11.5 Å². The minimum atomic E-state index is -0.630. The van der Waals surface area contributed by atoms with Gasteiger partial charge in [-0.15, -0.1) is 0 Å². The van der Waals surface area contributed by atoms with Crippen LogP contribution in [0.1, 0.15) is 34.1 Å². The number of halogens is 1. The Morgan fingerprint density at radius 3 is 2.42 bits per heavy atom. The molecule has 0 spiro atoms. The van der Waals surface area contributed by atoms with Crippen molar-refractivity contribution in [2.24, 2.45) is 0 Å². The van der Waals surface area contributed by atoms with Crippen molar-refractivity contribution in [3.05, 3.63) is 53.3 Å². The van der Waals surface area contributed by atoms with Crippen LogP contribution < -0.4 is 14.8 Å². The number of benzene rings is 2. The van der Waals surface area contributed by atoms with E-state index in [-0.39, 0.29) is 23.5 Å². The maximum absolute atomic E-state index is 13.8. The van der Waals surface area contributed by atoms with Crippen LogP contribution in [0, 0.1) is 5.82 Å². The summed E-state index contributed by atoms with van der Waals surface area (Å²) in [5, 5.41) is 2.60. The monoisotopic (exact) mass is 329 g/mol. The van der Waals surface area contributed by atoms with Gasteiger partial charge in [-0.2, -0.15) is 0 Å². The molecule has 0 saturated carbocycles. The summed E-state index contributed by atoms with van der Waals surface area (Å²) in [6, 6.07) is 8.75. The highest BCUT2D eigenvalue weighted by atomic mass is 19.1. The summed E-state index contributed by atoms with van der Waals surface area (Å²) < 4.78 is 24.7. The molecule has 0 bridgehead atoms. The fourth-order valence-corrected chi connectivity index (χ4v) is 2.45. The third-order valence-corrected chi connectivity index (χ3v) is 3.67. The first-order chi connectivity index (χ1) is 11.6. The molecule has 1 N–H and O–H groups in total. The minimum Gasteiger partial charge on any atom is -0.486 e. The van der Waals surface area contributed by atoms with E-state index >= 15 is 0 Å². The van der Waals surface area contributed by atoms with Crippen LogP contribution in [-0.4, -0.2) is 24.9 Å². The number of hydrogen-bond acceptors (Lipinski definition) is 4. The summed E-state index contributed by atoms with van der Waals surface area (Å²) in [6.45, 7) is 2.50. The fraction of sp³-hybridized carbons (Fsp3) is 0.222. The van der Waals surface area contributed by atoms with Crippen LogP contribution in [0.2, 0.25) is 0 Å². The normalized spacial score (nSPS) is 12.6. The highest BCUT2D eigenvalue weighted by Crippen LogP contribution is 2.36. The number of Topliss-reactive ketones (excluding diaryl/α,β-unsaturated/α-hetero) is 1. The van der Waals surface area contributed by atoms with E-state index in [4.69, 9.17) is 9.47 Å². The molecule has 1 amide bonds. The lowest BCUT2D eigenvalue weighted by Crippen LogP contribution is -2.19. The van der Waals surface area contributed by atoms with Gasteiger partial charge in [0.05, 0.1) is 11.3 Å². The van der Waals surface area contributed by atoms with Gasteiger partial charge in [-0.05, 0) is 18.2 Å². The number of nitrogens with one attached hydrogen (secondary N) is 1. The Morgan fingerprint density at radius 1 is 1.08 bits per heavy atom. The lowest BCUT2D eigenvalue weighted by atomic mass is 10.0. The van der Waals surface area contributed by atoms with Gasteiger partial charge < -0.3 is 14.8 Å². The molecule has 1 aliphatic rings. The number of carbonyl (C=O) groups is 2. The predicted molar refractivity (Wildman–Crippen MR) is 86.4 cm³/mol. The molecule has 0 aromatic heterocycles. The lowest BCUT2D eigenvalue weighted by Gasteiger charge is -2.21. The lowest BCUT2D eigenvalue weighted by molar-refractivity contribution is 0.0988. The number of anilines is 1. The van der Waals surface area contributed by atoms with Gasteiger partial charge in [0.15, 0.2) is 17.3 Å². The molecule has 1 heterocycles. The molecule has 2 aromatic rings. The third-order valence-electron chi connectivity index (χ3n) is 3.67. The van der Waals surface area contributed by atoms with Crippen LogP contribution in [-0.2, 0) is 0 Å². The summed E-state index contributed by atoms with van der Waals surface area (Å²) in [7, 11) is 0.